The highest BCUT2D eigenvalue weighted by molar-refractivity contribution is 4.91. The summed E-state index contributed by atoms with van der Waals surface area (Å²) in [6.07, 6.45) is 5.67. The molecule has 3 nitrogen and oxygen atoms in total. The van der Waals surface area contributed by atoms with Crippen molar-refractivity contribution in [2.75, 3.05) is 13.2 Å². The van der Waals surface area contributed by atoms with Crippen LogP contribution in [0.3, 0.4) is 0 Å². The Labute approximate surface area is 92.9 Å². The summed E-state index contributed by atoms with van der Waals surface area (Å²) in [5.41, 5.74) is -0.465. The highest BCUT2D eigenvalue weighted by atomic mass is 16.3. The normalized spacial score (nSPS) is 27.2. The zero-order valence-corrected chi connectivity index (χ0v) is 10.00. The standard InChI is InChI=1S/C12H25NO2/c1-3-10-5-6-11(7-10)13-12(4-2,8-14)9-15/h10-11,13-15H,3-9H2,1-2H3. The van der Waals surface area contributed by atoms with Gasteiger partial charge in [0.05, 0.1) is 18.8 Å². The Balaban J connectivity index is 2.45. The molecule has 0 radical (unpaired) electrons. The largest absolute Gasteiger partial charge is 0.394 e. The smallest absolute Gasteiger partial charge is 0.0647 e. The van der Waals surface area contributed by atoms with E-state index in [0.29, 0.717) is 6.04 Å². The minimum Gasteiger partial charge on any atom is -0.394 e. The summed E-state index contributed by atoms with van der Waals surface area (Å²) < 4.78 is 0. The van der Waals surface area contributed by atoms with Gasteiger partial charge in [0.15, 0.2) is 0 Å². The first kappa shape index (κ1) is 12.9. The molecule has 3 heteroatoms. The summed E-state index contributed by atoms with van der Waals surface area (Å²) in [4.78, 5) is 0. The lowest BCUT2D eigenvalue weighted by molar-refractivity contribution is 0.0776. The van der Waals surface area contributed by atoms with Crippen LogP contribution in [0.2, 0.25) is 0 Å². The molecule has 90 valence electrons. The first-order valence-electron chi connectivity index (χ1n) is 6.19. The number of nitrogens with one attached hydrogen (secondary N) is 1. The van der Waals surface area contributed by atoms with Crippen molar-refractivity contribution in [2.24, 2.45) is 5.92 Å². The molecule has 0 aromatic rings. The van der Waals surface area contributed by atoms with Crippen molar-refractivity contribution in [1.82, 2.24) is 5.32 Å². The molecule has 0 aromatic heterocycles. The molecule has 0 saturated heterocycles. The topological polar surface area (TPSA) is 52.5 Å². The van der Waals surface area contributed by atoms with E-state index in [-0.39, 0.29) is 13.2 Å². The van der Waals surface area contributed by atoms with Crippen molar-refractivity contribution in [3.8, 4) is 0 Å². The van der Waals surface area contributed by atoms with Gasteiger partial charge < -0.3 is 15.5 Å². The van der Waals surface area contributed by atoms with Crippen LogP contribution in [0.25, 0.3) is 0 Å². The fourth-order valence-electron chi connectivity index (χ4n) is 2.48. The van der Waals surface area contributed by atoms with Crippen molar-refractivity contribution in [3.63, 3.8) is 0 Å². The van der Waals surface area contributed by atoms with E-state index in [4.69, 9.17) is 0 Å². The van der Waals surface area contributed by atoms with Crippen molar-refractivity contribution < 1.29 is 10.2 Å². The predicted molar refractivity (Wildman–Crippen MR) is 61.7 cm³/mol. The van der Waals surface area contributed by atoms with Crippen LogP contribution in [0, 0.1) is 5.92 Å². The second-order valence-electron chi connectivity index (χ2n) is 4.88. The van der Waals surface area contributed by atoms with Crippen molar-refractivity contribution in [1.29, 1.82) is 0 Å². The minimum atomic E-state index is -0.465. The lowest BCUT2D eigenvalue weighted by atomic mass is 9.96. The van der Waals surface area contributed by atoms with E-state index in [1.807, 2.05) is 6.92 Å². The fraction of sp³-hybridized carbons (Fsp3) is 1.00. The van der Waals surface area contributed by atoms with Crippen molar-refractivity contribution in [3.05, 3.63) is 0 Å². The van der Waals surface area contributed by atoms with Gasteiger partial charge in [-0.15, -0.1) is 0 Å². The van der Waals surface area contributed by atoms with Crippen LogP contribution in [0.1, 0.15) is 46.0 Å². The van der Waals surface area contributed by atoms with Crippen LogP contribution in [0.5, 0.6) is 0 Å². The Morgan fingerprint density at radius 1 is 1.20 bits per heavy atom. The predicted octanol–water partition coefficient (Wildman–Crippen LogP) is 1.29. The molecule has 1 fully saturated rings. The van der Waals surface area contributed by atoms with Gasteiger partial charge in [0.25, 0.3) is 0 Å². The third kappa shape index (κ3) is 3.16. The summed E-state index contributed by atoms with van der Waals surface area (Å²) in [7, 11) is 0. The molecule has 0 bridgehead atoms. The van der Waals surface area contributed by atoms with E-state index in [9.17, 15) is 10.2 Å². The molecule has 0 aliphatic heterocycles. The quantitative estimate of drug-likeness (QED) is 0.626. The van der Waals surface area contributed by atoms with Crippen LogP contribution in [-0.2, 0) is 0 Å². The molecular weight excluding hydrogens is 190 g/mol. The fourth-order valence-corrected chi connectivity index (χ4v) is 2.48. The molecule has 0 amide bonds. The van der Waals surface area contributed by atoms with Gasteiger partial charge in [0.1, 0.15) is 0 Å². The van der Waals surface area contributed by atoms with Crippen LogP contribution in [-0.4, -0.2) is 35.0 Å². The zero-order chi connectivity index (χ0) is 11.3. The Bertz CT molecular complexity index is 172. The molecule has 0 spiro atoms. The second kappa shape index (κ2) is 5.83. The van der Waals surface area contributed by atoms with E-state index in [1.165, 1.54) is 25.7 Å². The molecule has 2 unspecified atom stereocenters. The average molecular weight is 215 g/mol. The molecule has 2 atom stereocenters. The number of hydrogen-bond acceptors (Lipinski definition) is 3. The SMILES string of the molecule is CCC1CCC(NC(CC)(CO)CO)C1. The third-order valence-electron chi connectivity index (χ3n) is 3.91. The Morgan fingerprint density at radius 3 is 2.27 bits per heavy atom. The van der Waals surface area contributed by atoms with Gasteiger partial charge in [-0.2, -0.15) is 0 Å². The number of hydrogen-bond donors (Lipinski definition) is 3. The molecule has 1 aliphatic rings. The number of rotatable bonds is 6. The highest BCUT2D eigenvalue weighted by Crippen LogP contribution is 2.29. The maximum absolute atomic E-state index is 9.34. The summed E-state index contributed by atoms with van der Waals surface area (Å²) in [5.74, 6) is 0.828. The van der Waals surface area contributed by atoms with Gasteiger partial charge in [0, 0.05) is 6.04 Å². The highest BCUT2D eigenvalue weighted by Gasteiger charge is 2.32. The minimum absolute atomic E-state index is 0.0211. The molecule has 15 heavy (non-hydrogen) atoms. The van der Waals surface area contributed by atoms with E-state index in [0.717, 1.165) is 12.3 Å². The van der Waals surface area contributed by atoms with E-state index in [1.54, 1.807) is 0 Å². The molecule has 0 heterocycles. The summed E-state index contributed by atoms with van der Waals surface area (Å²) in [5, 5.41) is 22.1. The Morgan fingerprint density at radius 2 is 1.87 bits per heavy atom. The van der Waals surface area contributed by atoms with Gasteiger partial charge in [-0.3, -0.25) is 0 Å². The maximum Gasteiger partial charge on any atom is 0.0647 e. The van der Waals surface area contributed by atoms with Crippen LogP contribution < -0.4 is 5.32 Å². The van der Waals surface area contributed by atoms with E-state index < -0.39 is 5.54 Å². The second-order valence-corrected chi connectivity index (χ2v) is 4.88. The van der Waals surface area contributed by atoms with E-state index in [2.05, 4.69) is 12.2 Å². The van der Waals surface area contributed by atoms with Crippen LogP contribution in [0.15, 0.2) is 0 Å². The van der Waals surface area contributed by atoms with Gasteiger partial charge in [-0.05, 0) is 31.6 Å². The molecular formula is C12H25NO2. The summed E-state index contributed by atoms with van der Waals surface area (Å²) >= 11 is 0. The monoisotopic (exact) mass is 215 g/mol. The Kier molecular flexibility index (Phi) is 5.03. The molecule has 1 rings (SSSR count). The van der Waals surface area contributed by atoms with Gasteiger partial charge in [0.2, 0.25) is 0 Å². The van der Waals surface area contributed by atoms with Crippen molar-refractivity contribution >= 4 is 0 Å². The van der Waals surface area contributed by atoms with Gasteiger partial charge >= 0.3 is 0 Å². The van der Waals surface area contributed by atoms with Crippen LogP contribution >= 0.6 is 0 Å². The van der Waals surface area contributed by atoms with Gasteiger partial charge in [-0.25, -0.2) is 0 Å². The summed E-state index contributed by atoms with van der Waals surface area (Å²) in [6.45, 7) is 4.28. The first-order chi connectivity index (χ1) is 7.19. The van der Waals surface area contributed by atoms with Gasteiger partial charge in [-0.1, -0.05) is 20.3 Å². The lowest BCUT2D eigenvalue weighted by Gasteiger charge is -2.33. The number of aliphatic hydroxyl groups excluding tert-OH is 2. The molecule has 1 saturated carbocycles. The number of aliphatic hydroxyl groups is 2. The van der Waals surface area contributed by atoms with Crippen LogP contribution in [0.4, 0.5) is 0 Å². The average Bonchev–Trinajstić information content (AvgIpc) is 2.73. The molecule has 1 aliphatic carbocycles. The molecule has 3 N–H and O–H groups in total. The summed E-state index contributed by atoms with van der Waals surface area (Å²) in [6, 6.07) is 0.481. The van der Waals surface area contributed by atoms with Crippen molar-refractivity contribution in [2.45, 2.75) is 57.5 Å². The lowest BCUT2D eigenvalue weighted by Crippen LogP contribution is -2.54. The van der Waals surface area contributed by atoms with E-state index >= 15 is 0 Å². The Hall–Kier alpha value is -0.120. The molecule has 0 aromatic carbocycles. The third-order valence-corrected chi connectivity index (χ3v) is 3.91. The maximum atomic E-state index is 9.34. The zero-order valence-electron chi connectivity index (χ0n) is 10.00. The first-order valence-corrected chi connectivity index (χ1v) is 6.19.